The number of carbonyl (C=O) groups excluding carboxylic acids is 2. The number of benzene rings is 1. The number of aromatic nitrogens is 1. The van der Waals surface area contributed by atoms with Crippen LogP contribution in [0.4, 0.5) is 11.4 Å². The molecule has 6 nitrogen and oxygen atoms in total. The number of hydrogen-bond donors (Lipinski definition) is 2. The van der Waals surface area contributed by atoms with Crippen molar-refractivity contribution in [2.75, 3.05) is 10.6 Å². The van der Waals surface area contributed by atoms with E-state index < -0.39 is 0 Å². The van der Waals surface area contributed by atoms with E-state index in [9.17, 15) is 9.59 Å². The molecule has 1 aromatic carbocycles. The topological polar surface area (TPSA) is 84.2 Å². The molecular weight excluding hydrogens is 258 g/mol. The van der Waals surface area contributed by atoms with Gasteiger partial charge in [-0.25, -0.2) is 0 Å². The van der Waals surface area contributed by atoms with Gasteiger partial charge < -0.3 is 15.2 Å². The standard InChI is InChI=1S/C14H15N3O3/c1-9-6-13(17-20-9)8-14(19)16-12-5-3-4-11(7-12)15-10(2)18/h3-7H,8H2,1-2H3,(H,15,18)(H,16,19). The molecule has 0 radical (unpaired) electrons. The summed E-state index contributed by atoms with van der Waals surface area (Å²) in [6.07, 6.45) is 0.141. The van der Waals surface area contributed by atoms with Crippen LogP contribution in [0.15, 0.2) is 34.9 Å². The maximum absolute atomic E-state index is 11.8. The third-order valence-corrected chi connectivity index (χ3v) is 2.49. The Hall–Kier alpha value is -2.63. The first kappa shape index (κ1) is 13.8. The van der Waals surface area contributed by atoms with E-state index >= 15 is 0 Å². The van der Waals surface area contributed by atoms with Gasteiger partial charge in [-0.3, -0.25) is 9.59 Å². The number of rotatable bonds is 4. The fourth-order valence-electron chi connectivity index (χ4n) is 1.75. The summed E-state index contributed by atoms with van der Waals surface area (Å²) in [4.78, 5) is 22.8. The highest BCUT2D eigenvalue weighted by atomic mass is 16.5. The van der Waals surface area contributed by atoms with Crippen molar-refractivity contribution in [2.24, 2.45) is 0 Å². The van der Waals surface area contributed by atoms with E-state index in [2.05, 4.69) is 15.8 Å². The van der Waals surface area contributed by atoms with Crippen LogP contribution >= 0.6 is 0 Å². The lowest BCUT2D eigenvalue weighted by atomic mass is 10.2. The molecule has 0 spiro atoms. The maximum atomic E-state index is 11.8. The van der Waals surface area contributed by atoms with E-state index in [0.29, 0.717) is 22.8 Å². The molecule has 0 bridgehead atoms. The SMILES string of the molecule is CC(=O)Nc1cccc(NC(=O)Cc2cc(C)on2)c1. The van der Waals surface area contributed by atoms with Gasteiger partial charge in [-0.1, -0.05) is 11.2 Å². The average Bonchev–Trinajstić information content (AvgIpc) is 2.74. The number of amides is 2. The smallest absolute Gasteiger partial charge is 0.230 e. The highest BCUT2D eigenvalue weighted by molar-refractivity contribution is 5.94. The van der Waals surface area contributed by atoms with Gasteiger partial charge in [0.25, 0.3) is 0 Å². The molecule has 0 unspecified atom stereocenters. The molecule has 0 aliphatic heterocycles. The number of carbonyl (C=O) groups is 2. The van der Waals surface area contributed by atoms with Crippen molar-refractivity contribution in [3.8, 4) is 0 Å². The zero-order chi connectivity index (χ0) is 14.5. The first-order valence-electron chi connectivity index (χ1n) is 6.12. The minimum Gasteiger partial charge on any atom is -0.361 e. The van der Waals surface area contributed by atoms with Gasteiger partial charge in [-0.05, 0) is 25.1 Å². The van der Waals surface area contributed by atoms with Gasteiger partial charge in [0.1, 0.15) is 5.76 Å². The number of nitrogens with one attached hydrogen (secondary N) is 2. The van der Waals surface area contributed by atoms with Gasteiger partial charge in [0.05, 0.1) is 12.1 Å². The first-order chi connectivity index (χ1) is 9.52. The monoisotopic (exact) mass is 273 g/mol. The summed E-state index contributed by atoms with van der Waals surface area (Å²) in [5.74, 6) is 0.310. The highest BCUT2D eigenvalue weighted by Gasteiger charge is 2.08. The zero-order valence-corrected chi connectivity index (χ0v) is 11.3. The Labute approximate surface area is 116 Å². The van der Waals surface area contributed by atoms with Crippen LogP contribution in [0.25, 0.3) is 0 Å². The molecule has 2 aromatic rings. The largest absolute Gasteiger partial charge is 0.361 e. The fourth-order valence-corrected chi connectivity index (χ4v) is 1.75. The lowest BCUT2D eigenvalue weighted by Gasteiger charge is -2.07. The number of aryl methyl sites for hydroxylation is 1. The van der Waals surface area contributed by atoms with Gasteiger partial charge in [-0.15, -0.1) is 0 Å². The van der Waals surface area contributed by atoms with Crippen molar-refractivity contribution >= 4 is 23.2 Å². The Bertz CT molecular complexity index is 634. The van der Waals surface area contributed by atoms with Crippen molar-refractivity contribution in [2.45, 2.75) is 20.3 Å². The summed E-state index contributed by atoms with van der Waals surface area (Å²) < 4.78 is 4.90. The Kier molecular flexibility index (Phi) is 4.14. The van der Waals surface area contributed by atoms with Crippen LogP contribution in [0.2, 0.25) is 0 Å². The number of nitrogens with zero attached hydrogens (tertiary/aromatic N) is 1. The molecule has 0 aliphatic rings. The molecule has 0 atom stereocenters. The molecule has 2 N–H and O–H groups in total. The molecule has 104 valence electrons. The Morgan fingerprint density at radius 3 is 2.50 bits per heavy atom. The van der Waals surface area contributed by atoms with Gasteiger partial charge in [-0.2, -0.15) is 0 Å². The van der Waals surface area contributed by atoms with Crippen LogP contribution in [-0.2, 0) is 16.0 Å². The Morgan fingerprint density at radius 1 is 1.20 bits per heavy atom. The maximum Gasteiger partial charge on any atom is 0.230 e. The fraction of sp³-hybridized carbons (Fsp3) is 0.214. The van der Waals surface area contributed by atoms with Gasteiger partial charge in [0.2, 0.25) is 11.8 Å². The summed E-state index contributed by atoms with van der Waals surface area (Å²) in [5.41, 5.74) is 1.83. The van der Waals surface area contributed by atoms with Gasteiger partial charge in [0, 0.05) is 24.4 Å². The molecule has 1 heterocycles. The molecule has 2 amide bonds. The zero-order valence-electron chi connectivity index (χ0n) is 11.3. The third-order valence-electron chi connectivity index (χ3n) is 2.49. The van der Waals surface area contributed by atoms with E-state index in [1.165, 1.54) is 6.92 Å². The lowest BCUT2D eigenvalue weighted by Crippen LogP contribution is -2.15. The van der Waals surface area contributed by atoms with Crippen LogP contribution in [0.3, 0.4) is 0 Å². The molecule has 0 saturated heterocycles. The van der Waals surface area contributed by atoms with E-state index in [0.717, 1.165) is 0 Å². The highest BCUT2D eigenvalue weighted by Crippen LogP contribution is 2.15. The second kappa shape index (κ2) is 6.01. The summed E-state index contributed by atoms with van der Waals surface area (Å²) in [6.45, 7) is 3.20. The van der Waals surface area contributed by atoms with Crippen molar-refractivity contribution in [1.82, 2.24) is 5.16 Å². The van der Waals surface area contributed by atoms with Crippen LogP contribution in [0.1, 0.15) is 18.4 Å². The predicted molar refractivity (Wildman–Crippen MR) is 74.3 cm³/mol. The van der Waals surface area contributed by atoms with Crippen molar-refractivity contribution in [3.05, 3.63) is 41.8 Å². The summed E-state index contributed by atoms with van der Waals surface area (Å²) >= 11 is 0. The van der Waals surface area contributed by atoms with Crippen LogP contribution in [0, 0.1) is 6.92 Å². The van der Waals surface area contributed by atoms with E-state index in [1.807, 2.05) is 0 Å². The average molecular weight is 273 g/mol. The second-order valence-corrected chi connectivity index (χ2v) is 4.42. The van der Waals surface area contributed by atoms with E-state index in [4.69, 9.17) is 4.52 Å². The third kappa shape index (κ3) is 3.94. The van der Waals surface area contributed by atoms with Crippen LogP contribution < -0.4 is 10.6 Å². The molecule has 6 heteroatoms. The van der Waals surface area contributed by atoms with Crippen LogP contribution in [0.5, 0.6) is 0 Å². The minimum atomic E-state index is -0.196. The first-order valence-corrected chi connectivity index (χ1v) is 6.12. The molecule has 0 aliphatic carbocycles. The van der Waals surface area contributed by atoms with Crippen molar-refractivity contribution in [1.29, 1.82) is 0 Å². The minimum absolute atomic E-state index is 0.141. The molecule has 0 saturated carbocycles. The summed E-state index contributed by atoms with van der Waals surface area (Å²) in [6, 6.07) is 8.65. The quantitative estimate of drug-likeness (QED) is 0.893. The number of hydrogen-bond acceptors (Lipinski definition) is 4. The van der Waals surface area contributed by atoms with Gasteiger partial charge >= 0.3 is 0 Å². The lowest BCUT2D eigenvalue weighted by molar-refractivity contribution is -0.116. The van der Waals surface area contributed by atoms with E-state index in [1.54, 1.807) is 37.3 Å². The Balaban J connectivity index is 1.98. The second-order valence-electron chi connectivity index (χ2n) is 4.42. The summed E-state index contributed by atoms with van der Waals surface area (Å²) in [7, 11) is 0. The Morgan fingerprint density at radius 2 is 1.90 bits per heavy atom. The van der Waals surface area contributed by atoms with Crippen molar-refractivity contribution in [3.63, 3.8) is 0 Å². The normalized spacial score (nSPS) is 10.1. The molecular formula is C14H15N3O3. The molecule has 20 heavy (non-hydrogen) atoms. The van der Waals surface area contributed by atoms with E-state index in [-0.39, 0.29) is 18.2 Å². The molecule has 1 aromatic heterocycles. The van der Waals surface area contributed by atoms with Gasteiger partial charge in [0.15, 0.2) is 0 Å². The predicted octanol–water partition coefficient (Wildman–Crippen LogP) is 2.12. The summed E-state index contributed by atoms with van der Waals surface area (Å²) in [5, 5.41) is 9.16. The van der Waals surface area contributed by atoms with Crippen LogP contribution in [-0.4, -0.2) is 17.0 Å². The number of anilines is 2. The molecule has 2 rings (SSSR count). The molecule has 0 fully saturated rings. The van der Waals surface area contributed by atoms with Crippen molar-refractivity contribution < 1.29 is 14.1 Å².